The lowest BCUT2D eigenvalue weighted by molar-refractivity contribution is 0.354. The number of hydrogen-bond donors (Lipinski definition) is 1. The molecule has 0 saturated carbocycles. The zero-order valence-electron chi connectivity index (χ0n) is 9.07. The van der Waals surface area contributed by atoms with Gasteiger partial charge < -0.3 is 14.8 Å². The number of methoxy groups -OCH3 is 2. The molecule has 0 amide bonds. The predicted octanol–water partition coefficient (Wildman–Crippen LogP) is 1.84. The molecule has 1 rings (SSSR count). The standard InChI is InChI=1S/C11H14N2O2/c1-8(13-7-12)9-4-5-10(14-2)11(6-9)15-3/h4-6,8,13H,1-3H3. The molecule has 0 saturated heterocycles. The van der Waals surface area contributed by atoms with Gasteiger partial charge in [0.1, 0.15) is 0 Å². The number of nitriles is 1. The second-order valence-electron chi connectivity index (χ2n) is 3.09. The lowest BCUT2D eigenvalue weighted by Crippen LogP contribution is -2.11. The molecule has 0 fully saturated rings. The van der Waals surface area contributed by atoms with Crippen LogP contribution in [0.3, 0.4) is 0 Å². The smallest absolute Gasteiger partial charge is 0.177 e. The van der Waals surface area contributed by atoms with Crippen LogP contribution < -0.4 is 14.8 Å². The van der Waals surface area contributed by atoms with Gasteiger partial charge in [-0.1, -0.05) is 6.07 Å². The first kappa shape index (κ1) is 11.2. The minimum Gasteiger partial charge on any atom is -0.493 e. The minimum atomic E-state index is -0.0326. The fraction of sp³-hybridized carbons (Fsp3) is 0.364. The summed E-state index contributed by atoms with van der Waals surface area (Å²) < 4.78 is 10.3. The van der Waals surface area contributed by atoms with E-state index in [1.165, 1.54) is 0 Å². The van der Waals surface area contributed by atoms with Gasteiger partial charge in [0.15, 0.2) is 17.7 Å². The van der Waals surface area contributed by atoms with Crippen LogP contribution in [0.5, 0.6) is 11.5 Å². The molecule has 4 heteroatoms. The molecule has 0 aliphatic heterocycles. The maximum atomic E-state index is 8.51. The van der Waals surface area contributed by atoms with Crippen molar-refractivity contribution in [1.82, 2.24) is 5.32 Å². The highest BCUT2D eigenvalue weighted by atomic mass is 16.5. The van der Waals surface area contributed by atoms with Gasteiger partial charge in [0.05, 0.1) is 20.3 Å². The maximum Gasteiger partial charge on any atom is 0.177 e. The Labute approximate surface area is 89.4 Å². The number of nitrogens with zero attached hydrogens (tertiary/aromatic N) is 1. The van der Waals surface area contributed by atoms with Crippen LogP contribution in [0.2, 0.25) is 0 Å². The Hall–Kier alpha value is -1.89. The van der Waals surface area contributed by atoms with Gasteiger partial charge in [-0.3, -0.25) is 0 Å². The van der Waals surface area contributed by atoms with E-state index in [2.05, 4.69) is 5.32 Å². The summed E-state index contributed by atoms with van der Waals surface area (Å²) >= 11 is 0. The first-order valence-electron chi connectivity index (χ1n) is 4.59. The Morgan fingerprint density at radius 3 is 2.47 bits per heavy atom. The van der Waals surface area contributed by atoms with Crippen molar-refractivity contribution in [2.24, 2.45) is 0 Å². The van der Waals surface area contributed by atoms with Crippen LogP contribution in [0.15, 0.2) is 18.2 Å². The Morgan fingerprint density at radius 1 is 1.27 bits per heavy atom. The zero-order chi connectivity index (χ0) is 11.3. The van der Waals surface area contributed by atoms with Gasteiger partial charge in [0, 0.05) is 0 Å². The van der Waals surface area contributed by atoms with Crippen LogP contribution in [0.1, 0.15) is 18.5 Å². The first-order chi connectivity index (χ1) is 7.22. The molecule has 0 aromatic heterocycles. The van der Waals surface area contributed by atoms with Gasteiger partial charge in [0.2, 0.25) is 0 Å². The third-order valence-electron chi connectivity index (χ3n) is 2.19. The average molecular weight is 206 g/mol. The minimum absolute atomic E-state index is 0.0326. The van der Waals surface area contributed by atoms with E-state index in [0.717, 1.165) is 5.56 Å². The molecule has 1 atom stereocenters. The summed E-state index contributed by atoms with van der Waals surface area (Å²) in [5.41, 5.74) is 0.981. The summed E-state index contributed by atoms with van der Waals surface area (Å²) in [5.74, 6) is 1.35. The largest absolute Gasteiger partial charge is 0.493 e. The molecule has 4 nitrogen and oxygen atoms in total. The third kappa shape index (κ3) is 2.53. The number of rotatable bonds is 4. The SMILES string of the molecule is COc1ccc(C(C)NC#N)cc1OC. The van der Waals surface area contributed by atoms with E-state index in [0.29, 0.717) is 11.5 Å². The topological polar surface area (TPSA) is 54.3 Å². The summed E-state index contributed by atoms with van der Waals surface area (Å²) in [6.45, 7) is 1.91. The Kier molecular flexibility index (Phi) is 3.81. The Morgan fingerprint density at radius 2 is 1.93 bits per heavy atom. The molecule has 0 radical (unpaired) electrons. The van der Waals surface area contributed by atoms with Crippen molar-refractivity contribution in [1.29, 1.82) is 5.26 Å². The Balaban J connectivity index is 2.98. The van der Waals surface area contributed by atoms with Gasteiger partial charge in [-0.15, -0.1) is 0 Å². The fourth-order valence-electron chi connectivity index (χ4n) is 1.30. The van der Waals surface area contributed by atoms with Crippen LogP contribution in [0.25, 0.3) is 0 Å². The van der Waals surface area contributed by atoms with E-state index in [1.54, 1.807) is 14.2 Å². The number of hydrogen-bond acceptors (Lipinski definition) is 4. The highest BCUT2D eigenvalue weighted by Crippen LogP contribution is 2.29. The van der Waals surface area contributed by atoms with Gasteiger partial charge >= 0.3 is 0 Å². The van der Waals surface area contributed by atoms with E-state index in [1.807, 2.05) is 31.3 Å². The summed E-state index contributed by atoms with van der Waals surface area (Å²) in [6, 6.07) is 5.54. The number of ether oxygens (including phenoxy) is 2. The molecule has 1 N–H and O–H groups in total. The molecule has 80 valence electrons. The number of benzene rings is 1. The molecule has 0 spiro atoms. The van der Waals surface area contributed by atoms with Crippen LogP contribution in [0, 0.1) is 11.5 Å². The van der Waals surface area contributed by atoms with Crippen molar-refractivity contribution in [2.45, 2.75) is 13.0 Å². The molecular weight excluding hydrogens is 192 g/mol. The predicted molar refractivity (Wildman–Crippen MR) is 56.7 cm³/mol. The monoisotopic (exact) mass is 206 g/mol. The normalized spacial score (nSPS) is 11.3. The molecular formula is C11H14N2O2. The highest BCUT2D eigenvalue weighted by Gasteiger charge is 2.08. The van der Waals surface area contributed by atoms with Gasteiger partial charge in [-0.05, 0) is 24.6 Å². The highest BCUT2D eigenvalue weighted by molar-refractivity contribution is 5.43. The molecule has 0 aliphatic rings. The van der Waals surface area contributed by atoms with Crippen molar-refractivity contribution in [3.05, 3.63) is 23.8 Å². The first-order valence-corrected chi connectivity index (χ1v) is 4.59. The van der Waals surface area contributed by atoms with Gasteiger partial charge in [0.25, 0.3) is 0 Å². The summed E-state index contributed by atoms with van der Waals surface area (Å²) in [5, 5.41) is 11.2. The molecule has 1 unspecified atom stereocenters. The quantitative estimate of drug-likeness (QED) is 0.603. The van der Waals surface area contributed by atoms with Crippen molar-refractivity contribution >= 4 is 0 Å². The third-order valence-corrected chi connectivity index (χ3v) is 2.19. The van der Waals surface area contributed by atoms with Crippen molar-refractivity contribution in [2.75, 3.05) is 14.2 Å². The molecule has 1 aromatic rings. The van der Waals surface area contributed by atoms with E-state index in [-0.39, 0.29) is 6.04 Å². The summed E-state index contributed by atoms with van der Waals surface area (Å²) in [6.07, 6.45) is 1.91. The summed E-state index contributed by atoms with van der Waals surface area (Å²) in [7, 11) is 3.18. The van der Waals surface area contributed by atoms with Crippen LogP contribution in [0.4, 0.5) is 0 Å². The lowest BCUT2D eigenvalue weighted by Gasteiger charge is -2.13. The fourth-order valence-corrected chi connectivity index (χ4v) is 1.30. The van der Waals surface area contributed by atoms with E-state index >= 15 is 0 Å². The van der Waals surface area contributed by atoms with Crippen molar-refractivity contribution in [3.8, 4) is 17.7 Å². The second kappa shape index (κ2) is 5.11. The van der Waals surface area contributed by atoms with E-state index in [4.69, 9.17) is 14.7 Å². The van der Waals surface area contributed by atoms with Crippen LogP contribution >= 0.6 is 0 Å². The van der Waals surface area contributed by atoms with Crippen LogP contribution in [-0.4, -0.2) is 14.2 Å². The molecule has 0 bridgehead atoms. The second-order valence-corrected chi connectivity index (χ2v) is 3.09. The molecule has 1 aromatic carbocycles. The molecule has 15 heavy (non-hydrogen) atoms. The lowest BCUT2D eigenvalue weighted by atomic mass is 10.1. The Bertz CT molecular complexity index is 371. The van der Waals surface area contributed by atoms with Gasteiger partial charge in [-0.2, -0.15) is 5.26 Å². The van der Waals surface area contributed by atoms with E-state index in [9.17, 15) is 0 Å². The number of nitrogens with one attached hydrogen (secondary N) is 1. The zero-order valence-corrected chi connectivity index (χ0v) is 9.07. The van der Waals surface area contributed by atoms with E-state index < -0.39 is 0 Å². The average Bonchev–Trinajstić information content (AvgIpc) is 2.28. The molecule has 0 heterocycles. The summed E-state index contributed by atoms with van der Waals surface area (Å²) in [4.78, 5) is 0. The maximum absolute atomic E-state index is 8.51. The van der Waals surface area contributed by atoms with Crippen molar-refractivity contribution < 1.29 is 9.47 Å². The van der Waals surface area contributed by atoms with Gasteiger partial charge in [-0.25, -0.2) is 0 Å². The van der Waals surface area contributed by atoms with Crippen molar-refractivity contribution in [3.63, 3.8) is 0 Å². The molecule has 0 aliphatic carbocycles. The van der Waals surface area contributed by atoms with Crippen LogP contribution in [-0.2, 0) is 0 Å².